The number of amides is 1. The van der Waals surface area contributed by atoms with Crippen molar-refractivity contribution in [1.29, 1.82) is 0 Å². The smallest absolute Gasteiger partial charge is 0.243 e. The molecule has 5 nitrogen and oxygen atoms in total. The summed E-state index contributed by atoms with van der Waals surface area (Å²) in [6.07, 6.45) is 3.31. The lowest BCUT2D eigenvalue weighted by molar-refractivity contribution is -0.118. The fourth-order valence-corrected chi connectivity index (χ4v) is 2.54. The van der Waals surface area contributed by atoms with Gasteiger partial charge in [0.1, 0.15) is 5.82 Å². The van der Waals surface area contributed by atoms with Crippen molar-refractivity contribution in [3.05, 3.63) is 47.2 Å². The van der Waals surface area contributed by atoms with Crippen LogP contribution in [-0.2, 0) is 24.2 Å². The first-order valence-electron chi connectivity index (χ1n) is 6.91. The molecular weight excluding hydrogens is 252 g/mol. The van der Waals surface area contributed by atoms with Crippen LogP contribution in [0.4, 0.5) is 5.82 Å². The van der Waals surface area contributed by atoms with E-state index in [1.807, 2.05) is 19.1 Å². The minimum Gasteiger partial charge on any atom is -0.309 e. The van der Waals surface area contributed by atoms with Crippen LogP contribution < -0.4 is 10.6 Å². The van der Waals surface area contributed by atoms with Gasteiger partial charge < -0.3 is 10.6 Å². The number of hydrogen-bond acceptors (Lipinski definition) is 3. The molecule has 2 heterocycles. The number of hydrogen-bond donors (Lipinski definition) is 3. The molecule has 5 heteroatoms. The molecule has 1 amide bonds. The molecule has 1 atom stereocenters. The molecular formula is C15H18N4O. The largest absolute Gasteiger partial charge is 0.309 e. The highest BCUT2D eigenvalue weighted by atomic mass is 16.2. The van der Waals surface area contributed by atoms with Crippen LogP contribution in [0.1, 0.15) is 23.6 Å². The van der Waals surface area contributed by atoms with Gasteiger partial charge >= 0.3 is 0 Å². The highest BCUT2D eigenvalue weighted by molar-refractivity contribution is 5.95. The van der Waals surface area contributed by atoms with E-state index in [0.29, 0.717) is 5.82 Å². The molecule has 0 saturated carbocycles. The summed E-state index contributed by atoms with van der Waals surface area (Å²) in [6.45, 7) is 2.77. The van der Waals surface area contributed by atoms with Crippen molar-refractivity contribution in [3.8, 4) is 0 Å². The molecule has 1 unspecified atom stereocenters. The molecule has 1 aliphatic heterocycles. The highest BCUT2D eigenvalue weighted by Crippen LogP contribution is 2.18. The summed E-state index contributed by atoms with van der Waals surface area (Å²) in [7, 11) is 0. The standard InChI is InChI=1S/C15H18N4O/c1-2-10-9-17-19-14(10)18-15(20)13-7-11-5-3-4-6-12(11)8-16-13/h3-6,9,13,16H,2,7-8H2,1H3,(H2,17,18,19,20). The van der Waals surface area contributed by atoms with Crippen LogP contribution >= 0.6 is 0 Å². The quantitative estimate of drug-likeness (QED) is 0.794. The Bertz CT molecular complexity index is 620. The first-order valence-corrected chi connectivity index (χ1v) is 6.91. The fourth-order valence-electron chi connectivity index (χ4n) is 2.54. The summed E-state index contributed by atoms with van der Waals surface area (Å²) in [5.41, 5.74) is 3.54. The zero-order valence-corrected chi connectivity index (χ0v) is 11.4. The maximum Gasteiger partial charge on any atom is 0.243 e. The van der Waals surface area contributed by atoms with Crippen molar-refractivity contribution in [2.24, 2.45) is 0 Å². The van der Waals surface area contributed by atoms with Crippen LogP contribution in [-0.4, -0.2) is 22.1 Å². The topological polar surface area (TPSA) is 69.8 Å². The number of nitrogens with zero attached hydrogens (tertiary/aromatic N) is 1. The van der Waals surface area contributed by atoms with Gasteiger partial charge in [-0.2, -0.15) is 5.10 Å². The van der Waals surface area contributed by atoms with Crippen molar-refractivity contribution in [1.82, 2.24) is 15.5 Å². The molecule has 0 fully saturated rings. The fraction of sp³-hybridized carbons (Fsp3) is 0.333. The van der Waals surface area contributed by atoms with E-state index in [1.165, 1.54) is 11.1 Å². The van der Waals surface area contributed by atoms with Gasteiger partial charge in [0.25, 0.3) is 0 Å². The Morgan fingerprint density at radius 3 is 3.00 bits per heavy atom. The third-order valence-corrected chi connectivity index (χ3v) is 3.74. The van der Waals surface area contributed by atoms with E-state index in [0.717, 1.165) is 24.9 Å². The number of nitrogens with one attached hydrogen (secondary N) is 3. The van der Waals surface area contributed by atoms with Crippen molar-refractivity contribution in [2.75, 3.05) is 5.32 Å². The van der Waals surface area contributed by atoms with Crippen molar-refractivity contribution < 1.29 is 4.79 Å². The van der Waals surface area contributed by atoms with Crippen LogP contribution in [0.5, 0.6) is 0 Å². The lowest BCUT2D eigenvalue weighted by Crippen LogP contribution is -2.44. The third-order valence-electron chi connectivity index (χ3n) is 3.74. The molecule has 20 heavy (non-hydrogen) atoms. The number of carbonyl (C=O) groups is 1. The van der Waals surface area contributed by atoms with Gasteiger partial charge in [-0.3, -0.25) is 9.89 Å². The Hall–Kier alpha value is -2.14. The van der Waals surface area contributed by atoms with Gasteiger partial charge in [-0.25, -0.2) is 0 Å². The maximum absolute atomic E-state index is 12.3. The molecule has 2 aromatic rings. The molecule has 3 rings (SSSR count). The predicted molar refractivity (Wildman–Crippen MR) is 77.4 cm³/mol. The average Bonchev–Trinajstić information content (AvgIpc) is 2.94. The number of rotatable bonds is 3. The van der Waals surface area contributed by atoms with Gasteiger partial charge in [-0.1, -0.05) is 31.2 Å². The normalized spacial score (nSPS) is 17.6. The number of aromatic amines is 1. The monoisotopic (exact) mass is 270 g/mol. The summed E-state index contributed by atoms with van der Waals surface area (Å²) in [4.78, 5) is 12.3. The minimum absolute atomic E-state index is 0.0153. The molecule has 3 N–H and O–H groups in total. The van der Waals surface area contributed by atoms with E-state index in [1.54, 1.807) is 6.20 Å². The number of anilines is 1. The SMILES string of the molecule is CCc1cn[nH]c1NC(=O)C1Cc2ccccc2CN1. The number of aryl methyl sites for hydroxylation is 1. The van der Waals surface area contributed by atoms with Gasteiger partial charge in [0, 0.05) is 12.1 Å². The Balaban J connectivity index is 1.70. The van der Waals surface area contributed by atoms with E-state index in [2.05, 4.69) is 33.0 Å². The van der Waals surface area contributed by atoms with Crippen LogP contribution in [0.15, 0.2) is 30.5 Å². The second-order valence-electron chi connectivity index (χ2n) is 5.02. The van der Waals surface area contributed by atoms with E-state index >= 15 is 0 Å². The Morgan fingerprint density at radius 1 is 1.40 bits per heavy atom. The number of fused-ring (bicyclic) bond motifs is 1. The summed E-state index contributed by atoms with van der Waals surface area (Å²) in [6, 6.07) is 8.03. The van der Waals surface area contributed by atoms with Gasteiger partial charge in [-0.05, 0) is 24.0 Å². The molecule has 1 aromatic carbocycles. The molecule has 0 bridgehead atoms. The van der Waals surface area contributed by atoms with Crippen molar-refractivity contribution >= 4 is 11.7 Å². The zero-order chi connectivity index (χ0) is 13.9. The number of aromatic nitrogens is 2. The van der Waals surface area contributed by atoms with Crippen LogP contribution in [0.25, 0.3) is 0 Å². The summed E-state index contributed by atoms with van der Waals surface area (Å²) >= 11 is 0. The van der Waals surface area contributed by atoms with Gasteiger partial charge in [0.05, 0.1) is 12.2 Å². The Kier molecular flexibility index (Phi) is 3.52. The van der Waals surface area contributed by atoms with Crippen molar-refractivity contribution in [2.45, 2.75) is 32.4 Å². The average molecular weight is 270 g/mol. The summed E-state index contributed by atoms with van der Waals surface area (Å²) in [5.74, 6) is 0.691. The van der Waals surface area contributed by atoms with Crippen LogP contribution in [0.3, 0.4) is 0 Å². The zero-order valence-electron chi connectivity index (χ0n) is 11.4. The molecule has 0 saturated heterocycles. The molecule has 0 radical (unpaired) electrons. The van der Waals surface area contributed by atoms with E-state index < -0.39 is 0 Å². The highest BCUT2D eigenvalue weighted by Gasteiger charge is 2.24. The van der Waals surface area contributed by atoms with Gasteiger partial charge in [0.15, 0.2) is 0 Å². The van der Waals surface area contributed by atoms with Gasteiger partial charge in [0.2, 0.25) is 5.91 Å². The van der Waals surface area contributed by atoms with E-state index in [-0.39, 0.29) is 11.9 Å². The summed E-state index contributed by atoms with van der Waals surface area (Å²) in [5, 5.41) is 13.0. The third kappa shape index (κ3) is 2.44. The second kappa shape index (κ2) is 5.46. The lowest BCUT2D eigenvalue weighted by Gasteiger charge is -2.25. The maximum atomic E-state index is 12.3. The van der Waals surface area contributed by atoms with Crippen LogP contribution in [0, 0.1) is 0 Å². The minimum atomic E-state index is -0.196. The number of H-pyrrole nitrogens is 1. The van der Waals surface area contributed by atoms with Gasteiger partial charge in [-0.15, -0.1) is 0 Å². The van der Waals surface area contributed by atoms with Crippen LogP contribution in [0.2, 0.25) is 0 Å². The van der Waals surface area contributed by atoms with Crippen molar-refractivity contribution in [3.63, 3.8) is 0 Å². The molecule has 0 aliphatic carbocycles. The van der Waals surface area contributed by atoms with E-state index in [4.69, 9.17) is 0 Å². The van der Waals surface area contributed by atoms with E-state index in [9.17, 15) is 4.79 Å². The predicted octanol–water partition coefficient (Wildman–Crippen LogP) is 1.63. The number of benzene rings is 1. The first kappa shape index (κ1) is 12.9. The number of carbonyl (C=O) groups excluding carboxylic acids is 1. The summed E-state index contributed by atoms with van der Waals surface area (Å²) < 4.78 is 0. The Morgan fingerprint density at radius 2 is 2.20 bits per heavy atom. The Labute approximate surface area is 117 Å². The molecule has 104 valence electrons. The second-order valence-corrected chi connectivity index (χ2v) is 5.02. The lowest BCUT2D eigenvalue weighted by atomic mass is 9.95. The first-order chi connectivity index (χ1) is 9.78. The molecule has 1 aromatic heterocycles. The molecule has 1 aliphatic rings. The molecule has 0 spiro atoms.